The highest BCUT2D eigenvalue weighted by atomic mass is 16.5. The van der Waals surface area contributed by atoms with Gasteiger partial charge in [-0.25, -0.2) is 0 Å². The van der Waals surface area contributed by atoms with Gasteiger partial charge in [0.05, 0.1) is 19.3 Å². The Balaban J connectivity index is 2.64. The van der Waals surface area contributed by atoms with Gasteiger partial charge in [0.2, 0.25) is 0 Å². The third-order valence-electron chi connectivity index (χ3n) is 3.78. The fourth-order valence-electron chi connectivity index (χ4n) is 2.24. The average molecular weight is 295 g/mol. The number of aliphatic hydroxyl groups excluding tert-OH is 1. The van der Waals surface area contributed by atoms with E-state index in [2.05, 4.69) is 18.7 Å². The van der Waals surface area contributed by atoms with Crippen molar-refractivity contribution in [3.05, 3.63) is 29.8 Å². The molecular formula is C17H29NO3. The fourth-order valence-corrected chi connectivity index (χ4v) is 2.24. The van der Waals surface area contributed by atoms with Crippen LogP contribution in [0.1, 0.15) is 38.9 Å². The van der Waals surface area contributed by atoms with E-state index in [0.29, 0.717) is 25.8 Å². The summed E-state index contributed by atoms with van der Waals surface area (Å²) in [5.74, 6) is 0.839. The Kier molecular flexibility index (Phi) is 8.35. The van der Waals surface area contributed by atoms with Crippen LogP contribution in [-0.2, 0) is 4.74 Å². The number of rotatable bonds is 10. The van der Waals surface area contributed by atoms with Crippen molar-refractivity contribution in [1.29, 1.82) is 0 Å². The van der Waals surface area contributed by atoms with Crippen molar-refractivity contribution < 1.29 is 14.6 Å². The maximum Gasteiger partial charge on any atom is 0.119 e. The van der Waals surface area contributed by atoms with Crippen LogP contribution >= 0.6 is 0 Å². The third kappa shape index (κ3) is 6.04. The van der Waals surface area contributed by atoms with Crippen molar-refractivity contribution in [2.24, 2.45) is 0 Å². The first-order chi connectivity index (χ1) is 10.1. The highest BCUT2D eigenvalue weighted by molar-refractivity contribution is 5.28. The van der Waals surface area contributed by atoms with Gasteiger partial charge in [-0.3, -0.25) is 4.90 Å². The molecule has 0 aliphatic heterocycles. The Labute approximate surface area is 128 Å². The van der Waals surface area contributed by atoms with E-state index in [1.807, 2.05) is 31.2 Å². The molecule has 0 aliphatic rings. The zero-order valence-corrected chi connectivity index (χ0v) is 13.7. The molecular weight excluding hydrogens is 266 g/mol. The highest BCUT2D eigenvalue weighted by Crippen LogP contribution is 2.20. The smallest absolute Gasteiger partial charge is 0.119 e. The SMILES string of the molecule is CCOc1ccc(C(O)CN(CCOC)C(C)CC)cc1. The molecule has 1 aromatic carbocycles. The van der Waals surface area contributed by atoms with Crippen LogP contribution in [0.25, 0.3) is 0 Å². The summed E-state index contributed by atoms with van der Waals surface area (Å²) in [6.07, 6.45) is 0.561. The first-order valence-electron chi connectivity index (χ1n) is 7.76. The van der Waals surface area contributed by atoms with Gasteiger partial charge in [0.25, 0.3) is 0 Å². The van der Waals surface area contributed by atoms with Gasteiger partial charge in [-0.1, -0.05) is 19.1 Å². The van der Waals surface area contributed by atoms with Gasteiger partial charge in [0, 0.05) is 26.2 Å². The molecule has 21 heavy (non-hydrogen) atoms. The third-order valence-corrected chi connectivity index (χ3v) is 3.78. The van der Waals surface area contributed by atoms with Crippen LogP contribution in [0.15, 0.2) is 24.3 Å². The summed E-state index contributed by atoms with van der Waals surface area (Å²) in [6.45, 7) is 9.09. The van der Waals surface area contributed by atoms with E-state index in [1.54, 1.807) is 7.11 Å². The standard InChI is InChI=1S/C17H29NO3/c1-5-14(3)18(11-12-20-4)13-17(19)15-7-9-16(10-8-15)21-6-2/h7-10,14,17,19H,5-6,11-13H2,1-4H3. The summed E-state index contributed by atoms with van der Waals surface area (Å²) in [6, 6.07) is 8.11. The normalized spacial score (nSPS) is 14.2. The summed E-state index contributed by atoms with van der Waals surface area (Å²) < 4.78 is 10.6. The van der Waals surface area contributed by atoms with Crippen LogP contribution in [-0.4, -0.2) is 49.5 Å². The molecule has 0 heterocycles. The second kappa shape index (κ2) is 9.77. The second-order valence-electron chi connectivity index (χ2n) is 5.26. The lowest BCUT2D eigenvalue weighted by atomic mass is 10.1. The first-order valence-corrected chi connectivity index (χ1v) is 7.76. The Bertz CT molecular complexity index is 380. The molecule has 1 N–H and O–H groups in total. The number of hydrogen-bond donors (Lipinski definition) is 1. The Morgan fingerprint density at radius 2 is 1.86 bits per heavy atom. The lowest BCUT2D eigenvalue weighted by molar-refractivity contribution is 0.0668. The van der Waals surface area contributed by atoms with E-state index in [9.17, 15) is 5.11 Å². The van der Waals surface area contributed by atoms with Gasteiger partial charge in [-0.2, -0.15) is 0 Å². The predicted octanol–water partition coefficient (Wildman–Crippen LogP) is 2.87. The van der Waals surface area contributed by atoms with Crippen LogP contribution < -0.4 is 4.74 Å². The van der Waals surface area contributed by atoms with E-state index in [0.717, 1.165) is 24.3 Å². The van der Waals surface area contributed by atoms with Gasteiger partial charge in [-0.05, 0) is 38.0 Å². The summed E-state index contributed by atoms with van der Waals surface area (Å²) in [5, 5.41) is 10.4. The van der Waals surface area contributed by atoms with Crippen LogP contribution in [0, 0.1) is 0 Å². The van der Waals surface area contributed by atoms with Gasteiger partial charge in [0.15, 0.2) is 0 Å². The van der Waals surface area contributed by atoms with Gasteiger partial charge in [0.1, 0.15) is 5.75 Å². The summed E-state index contributed by atoms with van der Waals surface area (Å²) >= 11 is 0. The molecule has 4 heteroatoms. The maximum atomic E-state index is 10.4. The lowest BCUT2D eigenvalue weighted by Gasteiger charge is -2.30. The van der Waals surface area contributed by atoms with Crippen molar-refractivity contribution in [3.63, 3.8) is 0 Å². The van der Waals surface area contributed by atoms with Crippen molar-refractivity contribution in [3.8, 4) is 5.75 Å². The summed E-state index contributed by atoms with van der Waals surface area (Å²) in [7, 11) is 1.71. The Hall–Kier alpha value is -1.10. The van der Waals surface area contributed by atoms with E-state index in [1.165, 1.54) is 0 Å². The molecule has 1 rings (SSSR count). The second-order valence-corrected chi connectivity index (χ2v) is 5.26. The van der Waals surface area contributed by atoms with Crippen LogP contribution in [0.2, 0.25) is 0 Å². The minimum absolute atomic E-state index is 0.428. The zero-order valence-electron chi connectivity index (χ0n) is 13.7. The van der Waals surface area contributed by atoms with E-state index in [-0.39, 0.29) is 0 Å². The molecule has 2 unspecified atom stereocenters. The minimum atomic E-state index is -0.494. The molecule has 0 saturated carbocycles. The molecule has 0 fully saturated rings. The van der Waals surface area contributed by atoms with Crippen molar-refractivity contribution >= 4 is 0 Å². The number of methoxy groups -OCH3 is 1. The molecule has 0 saturated heterocycles. The van der Waals surface area contributed by atoms with Crippen LogP contribution in [0.3, 0.4) is 0 Å². The quantitative estimate of drug-likeness (QED) is 0.721. The lowest BCUT2D eigenvalue weighted by Crippen LogP contribution is -2.38. The number of aliphatic hydroxyl groups is 1. The fraction of sp³-hybridized carbons (Fsp3) is 0.647. The minimum Gasteiger partial charge on any atom is -0.494 e. The molecule has 120 valence electrons. The van der Waals surface area contributed by atoms with Crippen molar-refractivity contribution in [2.45, 2.75) is 39.3 Å². The zero-order chi connectivity index (χ0) is 15.7. The Morgan fingerprint density at radius 1 is 1.19 bits per heavy atom. The van der Waals surface area contributed by atoms with Crippen LogP contribution in [0.5, 0.6) is 5.75 Å². The molecule has 0 aliphatic carbocycles. The van der Waals surface area contributed by atoms with E-state index in [4.69, 9.17) is 9.47 Å². The maximum absolute atomic E-state index is 10.4. The molecule has 0 spiro atoms. The van der Waals surface area contributed by atoms with Gasteiger partial charge >= 0.3 is 0 Å². The molecule has 2 atom stereocenters. The van der Waals surface area contributed by atoms with Crippen LogP contribution in [0.4, 0.5) is 0 Å². The number of ether oxygens (including phenoxy) is 2. The molecule has 0 radical (unpaired) electrons. The average Bonchev–Trinajstić information content (AvgIpc) is 2.51. The number of hydrogen-bond acceptors (Lipinski definition) is 4. The largest absolute Gasteiger partial charge is 0.494 e. The van der Waals surface area contributed by atoms with E-state index < -0.39 is 6.10 Å². The van der Waals surface area contributed by atoms with Crippen molar-refractivity contribution in [1.82, 2.24) is 4.90 Å². The van der Waals surface area contributed by atoms with E-state index >= 15 is 0 Å². The molecule has 4 nitrogen and oxygen atoms in total. The number of nitrogens with zero attached hydrogens (tertiary/aromatic N) is 1. The topological polar surface area (TPSA) is 41.9 Å². The monoisotopic (exact) mass is 295 g/mol. The Morgan fingerprint density at radius 3 is 2.38 bits per heavy atom. The molecule has 1 aromatic rings. The van der Waals surface area contributed by atoms with Gasteiger partial charge in [-0.15, -0.1) is 0 Å². The van der Waals surface area contributed by atoms with Gasteiger partial charge < -0.3 is 14.6 Å². The highest BCUT2D eigenvalue weighted by Gasteiger charge is 2.17. The summed E-state index contributed by atoms with van der Waals surface area (Å²) in [4.78, 5) is 2.27. The molecule has 0 amide bonds. The molecule has 0 aromatic heterocycles. The van der Waals surface area contributed by atoms with Crippen molar-refractivity contribution in [2.75, 3.05) is 33.4 Å². The first kappa shape index (κ1) is 18.0. The number of benzene rings is 1. The predicted molar refractivity (Wildman–Crippen MR) is 85.8 cm³/mol. The summed E-state index contributed by atoms with van der Waals surface area (Å²) in [5.41, 5.74) is 0.921. The molecule has 0 bridgehead atoms.